The lowest BCUT2D eigenvalue weighted by Gasteiger charge is -2.38. The van der Waals surface area contributed by atoms with Crippen LogP contribution in [0.5, 0.6) is 11.5 Å². The molecule has 20 heavy (non-hydrogen) atoms. The summed E-state index contributed by atoms with van der Waals surface area (Å²) in [6, 6.07) is 3.39. The first kappa shape index (κ1) is 14.5. The molecular weight excluding hydrogens is 287 g/mol. The molecule has 110 valence electrons. The molecule has 0 saturated carbocycles. The number of benzene rings is 1. The van der Waals surface area contributed by atoms with E-state index in [1.54, 1.807) is 0 Å². The predicted molar refractivity (Wildman–Crippen MR) is 57.4 cm³/mol. The highest BCUT2D eigenvalue weighted by Gasteiger charge is 2.66. The summed E-state index contributed by atoms with van der Waals surface area (Å²) in [5.74, 6) is -1.38. The Morgan fingerprint density at radius 1 is 1.35 bits per heavy atom. The third-order valence-electron chi connectivity index (χ3n) is 3.03. The number of rotatable bonds is 2. The van der Waals surface area contributed by atoms with Crippen LogP contribution in [0.3, 0.4) is 0 Å². The van der Waals surface area contributed by atoms with Crippen molar-refractivity contribution in [3.63, 3.8) is 0 Å². The number of halogens is 5. The molecule has 0 spiro atoms. The number of carbonyl (C=O) groups is 1. The molecule has 1 heterocycles. The third-order valence-corrected chi connectivity index (χ3v) is 3.03. The van der Waals surface area contributed by atoms with Gasteiger partial charge in [-0.1, -0.05) is 0 Å². The molecule has 1 aromatic rings. The molecule has 0 radical (unpaired) electrons. The van der Waals surface area contributed by atoms with Crippen LogP contribution in [0.2, 0.25) is 0 Å². The van der Waals surface area contributed by atoms with Crippen molar-refractivity contribution in [1.82, 2.24) is 0 Å². The molecule has 0 fully saturated rings. The number of carbonyl (C=O) groups excluding carboxylic acids is 1. The van der Waals surface area contributed by atoms with E-state index < -0.39 is 36.2 Å². The average molecular weight is 296 g/mol. The average Bonchev–Trinajstić information content (AvgIpc) is 2.36. The molecule has 0 amide bonds. The highest BCUT2D eigenvalue weighted by Crippen LogP contribution is 2.46. The molecular formula is C12H9F5O3. The van der Waals surface area contributed by atoms with E-state index in [4.69, 9.17) is 4.74 Å². The highest BCUT2D eigenvalue weighted by molar-refractivity contribution is 6.00. The van der Waals surface area contributed by atoms with Gasteiger partial charge in [-0.25, -0.2) is 8.78 Å². The van der Waals surface area contributed by atoms with Crippen molar-refractivity contribution in [3.8, 4) is 11.5 Å². The van der Waals surface area contributed by atoms with Gasteiger partial charge in [0.05, 0.1) is 19.1 Å². The first-order valence-electron chi connectivity index (χ1n) is 5.46. The number of ether oxygens (including phenoxy) is 2. The number of ketones is 1. The Morgan fingerprint density at radius 2 is 2.00 bits per heavy atom. The Bertz CT molecular complexity index is 540. The lowest BCUT2D eigenvalue weighted by molar-refractivity contribution is -0.286. The second-order valence-electron chi connectivity index (χ2n) is 4.25. The second-order valence-corrected chi connectivity index (χ2v) is 4.25. The maximum atomic E-state index is 12.9. The van der Waals surface area contributed by atoms with Crippen LogP contribution >= 0.6 is 0 Å². The van der Waals surface area contributed by atoms with Crippen LogP contribution in [0.25, 0.3) is 0 Å². The van der Waals surface area contributed by atoms with Gasteiger partial charge in [0.1, 0.15) is 11.5 Å². The molecule has 0 saturated heterocycles. The van der Waals surface area contributed by atoms with Crippen LogP contribution in [0, 0.1) is 0 Å². The third kappa shape index (κ3) is 2.08. The molecule has 2 rings (SSSR count). The lowest BCUT2D eigenvalue weighted by atomic mass is 9.89. The quantitative estimate of drug-likeness (QED) is 0.786. The minimum atomic E-state index is -5.37. The van der Waals surface area contributed by atoms with Crippen LogP contribution in [-0.2, 0) is 0 Å². The number of Topliss-reactive ketones (excluding diaryl/α,β-unsaturated/α-hetero) is 1. The minimum Gasteiger partial charge on any atom is -0.497 e. The SMILES string of the molecule is COc1ccc2c(c1)C(=O)CC(C(F)F)(C(F)(F)F)O2. The van der Waals surface area contributed by atoms with Crippen LogP contribution in [0.1, 0.15) is 16.8 Å². The number of hydrogen-bond acceptors (Lipinski definition) is 3. The Hall–Kier alpha value is -1.86. The van der Waals surface area contributed by atoms with Gasteiger partial charge in [-0.15, -0.1) is 0 Å². The lowest BCUT2D eigenvalue weighted by Crippen LogP contribution is -2.59. The smallest absolute Gasteiger partial charge is 0.434 e. The second kappa shape index (κ2) is 4.60. The molecule has 0 bridgehead atoms. The first-order chi connectivity index (χ1) is 9.21. The Kier molecular flexibility index (Phi) is 3.35. The summed E-state index contributed by atoms with van der Waals surface area (Å²) < 4.78 is 73.6. The van der Waals surface area contributed by atoms with E-state index in [2.05, 4.69) is 4.74 Å². The normalized spacial score (nSPS) is 22.4. The van der Waals surface area contributed by atoms with Crippen molar-refractivity contribution >= 4 is 5.78 Å². The van der Waals surface area contributed by atoms with Crippen LogP contribution in [0.4, 0.5) is 22.0 Å². The van der Waals surface area contributed by atoms with Gasteiger partial charge in [-0.2, -0.15) is 13.2 Å². The standard InChI is InChI=1S/C12H9F5O3/c1-19-6-2-3-9-7(4-6)8(18)5-11(20-9,10(13)14)12(15,16)17/h2-4,10H,5H2,1H3. The van der Waals surface area contributed by atoms with Gasteiger partial charge in [-0.3, -0.25) is 4.79 Å². The van der Waals surface area contributed by atoms with E-state index in [1.165, 1.54) is 13.2 Å². The zero-order valence-corrected chi connectivity index (χ0v) is 10.1. The number of hydrogen-bond donors (Lipinski definition) is 0. The molecule has 1 unspecified atom stereocenters. The minimum absolute atomic E-state index is 0.204. The number of methoxy groups -OCH3 is 1. The van der Waals surface area contributed by atoms with Gasteiger partial charge in [0, 0.05) is 0 Å². The predicted octanol–water partition coefficient (Wildman–Crippen LogP) is 3.23. The highest BCUT2D eigenvalue weighted by atomic mass is 19.4. The Balaban J connectivity index is 2.52. The van der Waals surface area contributed by atoms with Gasteiger partial charge >= 0.3 is 6.18 Å². The summed E-state index contributed by atoms with van der Waals surface area (Å²) in [4.78, 5) is 11.8. The van der Waals surface area contributed by atoms with Crippen molar-refractivity contribution in [1.29, 1.82) is 0 Å². The monoisotopic (exact) mass is 296 g/mol. The van der Waals surface area contributed by atoms with Crippen molar-refractivity contribution in [2.24, 2.45) is 0 Å². The van der Waals surface area contributed by atoms with E-state index in [-0.39, 0.29) is 11.3 Å². The van der Waals surface area contributed by atoms with E-state index >= 15 is 0 Å². The van der Waals surface area contributed by atoms with Crippen LogP contribution in [-0.4, -0.2) is 31.1 Å². The fraction of sp³-hybridized carbons (Fsp3) is 0.417. The van der Waals surface area contributed by atoms with Crippen LogP contribution < -0.4 is 9.47 Å². The Labute approximate surface area is 110 Å². The van der Waals surface area contributed by atoms with Gasteiger partial charge in [-0.05, 0) is 18.2 Å². The fourth-order valence-corrected chi connectivity index (χ4v) is 1.91. The van der Waals surface area contributed by atoms with Gasteiger partial charge in [0.25, 0.3) is 12.0 Å². The van der Waals surface area contributed by atoms with E-state index in [0.29, 0.717) is 0 Å². The van der Waals surface area contributed by atoms with Crippen molar-refractivity contribution < 1.29 is 36.2 Å². The Morgan fingerprint density at radius 3 is 2.50 bits per heavy atom. The molecule has 1 aliphatic rings. The maximum absolute atomic E-state index is 12.9. The van der Waals surface area contributed by atoms with Gasteiger partial charge < -0.3 is 9.47 Å². The maximum Gasteiger partial charge on any atom is 0.434 e. The van der Waals surface area contributed by atoms with E-state index in [1.807, 2.05) is 0 Å². The van der Waals surface area contributed by atoms with E-state index in [0.717, 1.165) is 12.1 Å². The van der Waals surface area contributed by atoms with Gasteiger partial charge in [0.2, 0.25) is 0 Å². The fourth-order valence-electron chi connectivity index (χ4n) is 1.91. The first-order valence-corrected chi connectivity index (χ1v) is 5.46. The topological polar surface area (TPSA) is 35.5 Å². The molecule has 3 nitrogen and oxygen atoms in total. The largest absolute Gasteiger partial charge is 0.497 e. The zero-order chi connectivity index (χ0) is 15.1. The van der Waals surface area contributed by atoms with Gasteiger partial charge in [0.15, 0.2) is 5.78 Å². The molecule has 8 heteroatoms. The number of alkyl halides is 5. The molecule has 1 aliphatic heterocycles. The summed E-state index contributed by atoms with van der Waals surface area (Å²) in [6.45, 7) is 0. The molecule has 1 aromatic carbocycles. The van der Waals surface area contributed by atoms with Crippen molar-refractivity contribution in [3.05, 3.63) is 23.8 Å². The van der Waals surface area contributed by atoms with Crippen LogP contribution in [0.15, 0.2) is 18.2 Å². The summed E-state index contributed by atoms with van der Waals surface area (Å²) in [7, 11) is 1.30. The molecule has 0 aliphatic carbocycles. The molecule has 0 N–H and O–H groups in total. The number of fused-ring (bicyclic) bond motifs is 1. The summed E-state index contributed by atoms with van der Waals surface area (Å²) in [5.41, 5.74) is -4.00. The van der Waals surface area contributed by atoms with E-state index in [9.17, 15) is 26.7 Å². The summed E-state index contributed by atoms with van der Waals surface area (Å²) in [6.07, 6.45) is -10.7. The van der Waals surface area contributed by atoms with Crippen molar-refractivity contribution in [2.75, 3.05) is 7.11 Å². The summed E-state index contributed by atoms with van der Waals surface area (Å²) in [5, 5.41) is 0. The van der Waals surface area contributed by atoms with Crippen molar-refractivity contribution in [2.45, 2.75) is 24.6 Å². The zero-order valence-electron chi connectivity index (χ0n) is 10.1. The molecule has 1 atom stereocenters. The summed E-state index contributed by atoms with van der Waals surface area (Å²) >= 11 is 0. The molecule has 0 aromatic heterocycles.